The van der Waals surface area contributed by atoms with Crippen LogP contribution >= 0.6 is 0 Å². The van der Waals surface area contributed by atoms with Crippen molar-refractivity contribution in [3.8, 4) is 0 Å². The number of urea groups is 1. The monoisotopic (exact) mass is 343 g/mol. The number of carbonyl (C=O) groups is 2. The Hall–Kier alpha value is -2.83. The zero-order chi connectivity index (χ0) is 18.4. The van der Waals surface area contributed by atoms with E-state index in [0.29, 0.717) is 18.2 Å². The number of anilines is 2. The van der Waals surface area contributed by atoms with Gasteiger partial charge < -0.3 is 20.1 Å². The fraction of sp³-hybridized carbons (Fsp3) is 0.389. The smallest absolute Gasteiger partial charge is 0.319 e. The Labute approximate surface area is 148 Å². The zero-order valence-corrected chi connectivity index (χ0v) is 15.1. The largest absolute Gasteiger partial charge is 0.333 e. The van der Waals surface area contributed by atoms with E-state index in [-0.39, 0.29) is 11.9 Å². The Morgan fingerprint density at radius 2 is 2.08 bits per heavy atom. The van der Waals surface area contributed by atoms with Crippen LogP contribution < -0.4 is 15.5 Å². The highest BCUT2D eigenvalue weighted by molar-refractivity contribution is 5.93. The van der Waals surface area contributed by atoms with Crippen molar-refractivity contribution in [2.75, 3.05) is 17.3 Å². The average Bonchev–Trinajstić information content (AvgIpc) is 2.98. The SMILES string of the molecule is CC(=O)N(C)c1cccc(NC(=O)NCc2nccn2CC(C)C)c1. The van der Waals surface area contributed by atoms with E-state index in [1.54, 1.807) is 31.4 Å². The van der Waals surface area contributed by atoms with Crippen molar-refractivity contribution in [2.24, 2.45) is 5.92 Å². The van der Waals surface area contributed by atoms with Gasteiger partial charge in [0.2, 0.25) is 5.91 Å². The van der Waals surface area contributed by atoms with Crippen LogP contribution in [0.15, 0.2) is 36.7 Å². The van der Waals surface area contributed by atoms with Gasteiger partial charge in [-0.15, -0.1) is 0 Å². The summed E-state index contributed by atoms with van der Waals surface area (Å²) in [5.74, 6) is 1.25. The van der Waals surface area contributed by atoms with Gasteiger partial charge in [-0.2, -0.15) is 0 Å². The van der Waals surface area contributed by atoms with E-state index in [2.05, 4.69) is 29.5 Å². The predicted octanol–water partition coefficient (Wildman–Crippen LogP) is 2.84. The molecule has 0 aliphatic rings. The molecule has 3 amide bonds. The van der Waals surface area contributed by atoms with E-state index in [1.807, 2.05) is 16.8 Å². The normalized spacial score (nSPS) is 10.6. The lowest BCUT2D eigenvalue weighted by atomic mass is 10.2. The van der Waals surface area contributed by atoms with Gasteiger partial charge in [0.05, 0.1) is 6.54 Å². The molecule has 0 unspecified atom stereocenters. The molecule has 25 heavy (non-hydrogen) atoms. The lowest BCUT2D eigenvalue weighted by Crippen LogP contribution is -2.30. The molecule has 1 aromatic heterocycles. The molecule has 0 bridgehead atoms. The van der Waals surface area contributed by atoms with Gasteiger partial charge in [0.15, 0.2) is 0 Å². The van der Waals surface area contributed by atoms with Crippen molar-refractivity contribution in [1.82, 2.24) is 14.9 Å². The minimum absolute atomic E-state index is 0.0707. The third-order valence-electron chi connectivity index (χ3n) is 3.73. The number of hydrogen-bond donors (Lipinski definition) is 2. The van der Waals surface area contributed by atoms with Crippen LogP contribution in [-0.4, -0.2) is 28.5 Å². The molecular formula is C18H25N5O2. The summed E-state index contributed by atoms with van der Waals surface area (Å²) >= 11 is 0. The van der Waals surface area contributed by atoms with Crippen LogP contribution in [0.3, 0.4) is 0 Å². The number of aromatic nitrogens is 2. The summed E-state index contributed by atoms with van der Waals surface area (Å²) in [6.45, 7) is 6.96. The van der Waals surface area contributed by atoms with E-state index < -0.39 is 0 Å². The van der Waals surface area contributed by atoms with Gasteiger partial charge in [-0.25, -0.2) is 9.78 Å². The van der Waals surface area contributed by atoms with Crippen LogP contribution in [0.4, 0.5) is 16.2 Å². The lowest BCUT2D eigenvalue weighted by Gasteiger charge is -2.16. The quantitative estimate of drug-likeness (QED) is 0.846. The molecule has 2 rings (SSSR count). The van der Waals surface area contributed by atoms with Gasteiger partial charge in [0.1, 0.15) is 5.82 Å². The Morgan fingerprint density at radius 3 is 2.76 bits per heavy atom. The van der Waals surface area contributed by atoms with Crippen molar-refractivity contribution in [2.45, 2.75) is 33.9 Å². The maximum Gasteiger partial charge on any atom is 0.319 e. The fourth-order valence-electron chi connectivity index (χ4n) is 2.38. The first kappa shape index (κ1) is 18.5. The van der Waals surface area contributed by atoms with Gasteiger partial charge in [0.25, 0.3) is 0 Å². The summed E-state index contributed by atoms with van der Waals surface area (Å²) in [6, 6.07) is 6.81. The topological polar surface area (TPSA) is 79.3 Å². The Bertz CT molecular complexity index is 739. The summed E-state index contributed by atoms with van der Waals surface area (Å²) in [5.41, 5.74) is 1.34. The summed E-state index contributed by atoms with van der Waals surface area (Å²) in [4.78, 5) is 29.4. The molecule has 0 spiro atoms. The van der Waals surface area contributed by atoms with E-state index in [1.165, 1.54) is 11.8 Å². The first-order valence-corrected chi connectivity index (χ1v) is 8.26. The number of carbonyl (C=O) groups excluding carboxylic acids is 2. The van der Waals surface area contributed by atoms with E-state index in [9.17, 15) is 9.59 Å². The molecule has 2 N–H and O–H groups in total. The van der Waals surface area contributed by atoms with Crippen molar-refractivity contribution in [3.63, 3.8) is 0 Å². The highest BCUT2D eigenvalue weighted by atomic mass is 16.2. The van der Waals surface area contributed by atoms with Crippen molar-refractivity contribution < 1.29 is 9.59 Å². The fourth-order valence-corrected chi connectivity index (χ4v) is 2.38. The summed E-state index contributed by atoms with van der Waals surface area (Å²) in [5, 5.41) is 5.58. The van der Waals surface area contributed by atoms with Crippen molar-refractivity contribution >= 4 is 23.3 Å². The molecule has 0 aliphatic carbocycles. The second-order valence-corrected chi connectivity index (χ2v) is 6.33. The molecule has 0 saturated heterocycles. The highest BCUT2D eigenvalue weighted by Gasteiger charge is 2.09. The van der Waals surface area contributed by atoms with Gasteiger partial charge in [-0.3, -0.25) is 4.79 Å². The molecule has 0 radical (unpaired) electrons. The Balaban J connectivity index is 1.94. The number of amides is 3. The number of imidazole rings is 1. The maximum atomic E-state index is 12.1. The maximum absolute atomic E-state index is 12.1. The van der Waals surface area contributed by atoms with Gasteiger partial charge in [0, 0.05) is 44.3 Å². The third kappa shape index (κ3) is 5.34. The molecule has 1 heterocycles. The van der Waals surface area contributed by atoms with E-state index >= 15 is 0 Å². The number of rotatable bonds is 6. The molecule has 0 fully saturated rings. The molecule has 0 aliphatic heterocycles. The minimum atomic E-state index is -0.318. The number of benzene rings is 1. The van der Waals surface area contributed by atoms with Crippen LogP contribution in [0.25, 0.3) is 0 Å². The zero-order valence-electron chi connectivity index (χ0n) is 15.1. The first-order valence-electron chi connectivity index (χ1n) is 8.26. The average molecular weight is 343 g/mol. The number of nitrogens with one attached hydrogen (secondary N) is 2. The molecule has 2 aromatic rings. The van der Waals surface area contributed by atoms with Crippen LogP contribution in [0.2, 0.25) is 0 Å². The summed E-state index contributed by atoms with van der Waals surface area (Å²) in [7, 11) is 1.69. The Morgan fingerprint density at radius 1 is 1.32 bits per heavy atom. The predicted molar refractivity (Wildman–Crippen MR) is 98.4 cm³/mol. The number of hydrogen-bond acceptors (Lipinski definition) is 3. The Kier molecular flexibility index (Phi) is 6.16. The molecule has 7 heteroatoms. The molecule has 7 nitrogen and oxygen atoms in total. The first-order chi connectivity index (χ1) is 11.9. The van der Waals surface area contributed by atoms with Gasteiger partial charge in [-0.1, -0.05) is 19.9 Å². The van der Waals surface area contributed by atoms with Gasteiger partial charge in [-0.05, 0) is 24.1 Å². The molecule has 0 saturated carbocycles. The van der Waals surface area contributed by atoms with E-state index in [4.69, 9.17) is 0 Å². The van der Waals surface area contributed by atoms with Crippen molar-refractivity contribution in [1.29, 1.82) is 0 Å². The molecule has 134 valence electrons. The van der Waals surface area contributed by atoms with Crippen LogP contribution in [0, 0.1) is 5.92 Å². The van der Waals surface area contributed by atoms with Crippen LogP contribution in [0.1, 0.15) is 26.6 Å². The number of nitrogens with zero attached hydrogens (tertiary/aromatic N) is 3. The summed E-state index contributed by atoms with van der Waals surface area (Å²) in [6.07, 6.45) is 3.65. The molecular weight excluding hydrogens is 318 g/mol. The molecule has 0 atom stereocenters. The summed E-state index contributed by atoms with van der Waals surface area (Å²) < 4.78 is 2.04. The van der Waals surface area contributed by atoms with Crippen LogP contribution in [-0.2, 0) is 17.9 Å². The standard InChI is InChI=1S/C18H25N5O2/c1-13(2)12-23-9-8-19-17(23)11-20-18(25)21-15-6-5-7-16(10-15)22(4)14(3)24/h5-10,13H,11-12H2,1-4H3,(H2,20,21,25). The minimum Gasteiger partial charge on any atom is -0.333 e. The van der Waals surface area contributed by atoms with Crippen molar-refractivity contribution in [3.05, 3.63) is 42.5 Å². The van der Waals surface area contributed by atoms with E-state index in [0.717, 1.165) is 18.1 Å². The highest BCUT2D eigenvalue weighted by Crippen LogP contribution is 2.18. The second kappa shape index (κ2) is 8.32. The third-order valence-corrected chi connectivity index (χ3v) is 3.73. The lowest BCUT2D eigenvalue weighted by molar-refractivity contribution is -0.116. The van der Waals surface area contributed by atoms with Crippen LogP contribution in [0.5, 0.6) is 0 Å². The molecule has 1 aromatic carbocycles. The second-order valence-electron chi connectivity index (χ2n) is 6.33. The van der Waals surface area contributed by atoms with Gasteiger partial charge >= 0.3 is 6.03 Å².